The third-order valence-corrected chi connectivity index (χ3v) is 4.43. The summed E-state index contributed by atoms with van der Waals surface area (Å²) in [7, 11) is 0. The van der Waals surface area contributed by atoms with Crippen molar-refractivity contribution < 1.29 is 18.0 Å². The number of nitrogens with one attached hydrogen (secondary N) is 2. The van der Waals surface area contributed by atoms with Crippen molar-refractivity contribution in [2.75, 3.05) is 11.1 Å². The Hall–Kier alpha value is -3.01. The highest BCUT2D eigenvalue weighted by Gasteiger charge is 2.30. The number of halogens is 3. The molecule has 3 aromatic rings. The van der Waals surface area contributed by atoms with Crippen molar-refractivity contribution >= 4 is 29.3 Å². The Labute approximate surface area is 156 Å². The third-order valence-electron chi connectivity index (χ3n) is 3.51. The number of thioether (sulfide) groups is 1. The summed E-state index contributed by atoms with van der Waals surface area (Å²) in [5.41, 5.74) is 6.23. The lowest BCUT2D eigenvalue weighted by Crippen LogP contribution is -2.12. The maximum absolute atomic E-state index is 12.6. The number of amides is 1. The van der Waals surface area contributed by atoms with Crippen LogP contribution in [0.4, 0.5) is 24.8 Å². The molecule has 0 fully saturated rings. The topological polar surface area (TPSA) is 96.7 Å². The van der Waals surface area contributed by atoms with Crippen molar-refractivity contribution in [2.45, 2.75) is 17.1 Å². The van der Waals surface area contributed by atoms with Crippen LogP contribution in [0.25, 0.3) is 0 Å². The van der Waals surface area contributed by atoms with E-state index in [9.17, 15) is 18.0 Å². The monoisotopic (exact) mass is 393 g/mol. The lowest BCUT2D eigenvalue weighted by atomic mass is 10.1. The van der Waals surface area contributed by atoms with Crippen LogP contribution in [0.15, 0.2) is 53.7 Å². The quantitative estimate of drug-likeness (QED) is 0.571. The molecule has 10 heteroatoms. The smallest absolute Gasteiger partial charge is 0.368 e. The Morgan fingerprint density at radius 2 is 1.93 bits per heavy atom. The number of carbonyl (C=O) groups is 1. The van der Waals surface area contributed by atoms with Crippen LogP contribution < -0.4 is 11.1 Å². The molecular weight excluding hydrogens is 379 g/mol. The molecule has 0 bridgehead atoms. The maximum Gasteiger partial charge on any atom is 0.416 e. The molecule has 0 unspecified atom stereocenters. The molecule has 1 aromatic heterocycles. The first kappa shape index (κ1) is 18.8. The molecule has 1 amide bonds. The number of hydrogen-bond donors (Lipinski definition) is 3. The van der Waals surface area contributed by atoms with Gasteiger partial charge in [-0.05, 0) is 42.0 Å². The van der Waals surface area contributed by atoms with Crippen molar-refractivity contribution in [1.29, 1.82) is 0 Å². The molecule has 6 nitrogen and oxygen atoms in total. The molecule has 140 valence electrons. The van der Waals surface area contributed by atoms with Crippen molar-refractivity contribution in [2.24, 2.45) is 0 Å². The largest absolute Gasteiger partial charge is 0.416 e. The van der Waals surface area contributed by atoms with Gasteiger partial charge in [-0.25, -0.2) is 5.10 Å². The van der Waals surface area contributed by atoms with Gasteiger partial charge in [0, 0.05) is 17.0 Å². The first-order valence-corrected chi connectivity index (χ1v) is 8.68. The van der Waals surface area contributed by atoms with Gasteiger partial charge < -0.3 is 11.1 Å². The molecule has 0 aliphatic heterocycles. The molecule has 3 rings (SSSR count). The number of H-pyrrole nitrogens is 1. The SMILES string of the molecule is Nc1nc(SCc2cccc(C(=O)Nc3ccc(C(F)(F)F)cc3)c2)n[nH]1. The second kappa shape index (κ2) is 7.70. The van der Waals surface area contributed by atoms with E-state index in [2.05, 4.69) is 20.5 Å². The molecule has 0 radical (unpaired) electrons. The van der Waals surface area contributed by atoms with E-state index in [0.29, 0.717) is 16.5 Å². The van der Waals surface area contributed by atoms with Gasteiger partial charge in [-0.3, -0.25) is 4.79 Å². The second-order valence-electron chi connectivity index (χ2n) is 5.52. The minimum Gasteiger partial charge on any atom is -0.368 e. The van der Waals surface area contributed by atoms with E-state index in [0.717, 1.165) is 17.7 Å². The Morgan fingerprint density at radius 1 is 1.19 bits per heavy atom. The number of benzene rings is 2. The van der Waals surface area contributed by atoms with E-state index in [4.69, 9.17) is 5.73 Å². The number of nitrogens with zero attached hydrogens (tertiary/aromatic N) is 2. The molecule has 0 aliphatic rings. The summed E-state index contributed by atoms with van der Waals surface area (Å²) >= 11 is 1.35. The molecule has 2 aromatic carbocycles. The Bertz CT molecular complexity index is 940. The summed E-state index contributed by atoms with van der Waals surface area (Å²) in [4.78, 5) is 16.3. The fourth-order valence-corrected chi connectivity index (χ4v) is 2.97. The highest BCUT2D eigenvalue weighted by atomic mass is 32.2. The van der Waals surface area contributed by atoms with Gasteiger partial charge in [0.05, 0.1) is 5.56 Å². The maximum atomic E-state index is 12.6. The van der Waals surface area contributed by atoms with Gasteiger partial charge in [0.1, 0.15) is 0 Å². The number of anilines is 2. The fraction of sp³-hybridized carbons (Fsp3) is 0.118. The van der Waals surface area contributed by atoms with Crippen LogP contribution >= 0.6 is 11.8 Å². The molecule has 0 saturated carbocycles. The minimum atomic E-state index is -4.41. The molecule has 27 heavy (non-hydrogen) atoms. The van der Waals surface area contributed by atoms with E-state index in [1.54, 1.807) is 18.2 Å². The predicted molar refractivity (Wildman–Crippen MR) is 96.2 cm³/mol. The lowest BCUT2D eigenvalue weighted by molar-refractivity contribution is -0.137. The number of aromatic nitrogens is 3. The van der Waals surface area contributed by atoms with Gasteiger partial charge in [0.2, 0.25) is 11.1 Å². The van der Waals surface area contributed by atoms with Crippen LogP contribution in [0.5, 0.6) is 0 Å². The first-order chi connectivity index (χ1) is 12.8. The van der Waals surface area contributed by atoms with Crippen molar-refractivity contribution in [3.63, 3.8) is 0 Å². The van der Waals surface area contributed by atoms with Crippen molar-refractivity contribution in [3.8, 4) is 0 Å². The molecule has 0 atom stereocenters. The number of rotatable bonds is 5. The second-order valence-corrected chi connectivity index (χ2v) is 6.46. The normalized spacial score (nSPS) is 11.4. The van der Waals surface area contributed by atoms with Crippen LogP contribution in [0.3, 0.4) is 0 Å². The average Bonchev–Trinajstić information content (AvgIpc) is 3.05. The lowest BCUT2D eigenvalue weighted by Gasteiger charge is -2.09. The van der Waals surface area contributed by atoms with Crippen LogP contribution in [-0.2, 0) is 11.9 Å². The zero-order valence-electron chi connectivity index (χ0n) is 13.7. The van der Waals surface area contributed by atoms with Crippen LogP contribution in [-0.4, -0.2) is 21.1 Å². The molecule has 4 N–H and O–H groups in total. The van der Waals surface area contributed by atoms with Crippen LogP contribution in [0, 0.1) is 0 Å². The number of nitrogens with two attached hydrogens (primary N) is 1. The Morgan fingerprint density at radius 3 is 2.56 bits per heavy atom. The van der Waals surface area contributed by atoms with E-state index >= 15 is 0 Å². The molecule has 0 saturated heterocycles. The van der Waals surface area contributed by atoms with Gasteiger partial charge >= 0.3 is 6.18 Å². The Balaban J connectivity index is 1.64. The summed E-state index contributed by atoms with van der Waals surface area (Å²) in [6, 6.07) is 11.2. The van der Waals surface area contributed by atoms with E-state index in [-0.39, 0.29) is 11.6 Å². The number of aromatic amines is 1. The minimum absolute atomic E-state index is 0.224. The molecule has 0 spiro atoms. The summed E-state index contributed by atoms with van der Waals surface area (Å²) in [5.74, 6) is 0.338. The summed E-state index contributed by atoms with van der Waals surface area (Å²) in [6.45, 7) is 0. The molecule has 0 aliphatic carbocycles. The predicted octanol–water partition coefficient (Wildman–Crippen LogP) is 3.95. The first-order valence-electron chi connectivity index (χ1n) is 7.69. The van der Waals surface area contributed by atoms with E-state index in [1.807, 2.05) is 6.07 Å². The number of alkyl halides is 3. The van der Waals surface area contributed by atoms with Gasteiger partial charge in [-0.15, -0.1) is 5.10 Å². The zero-order chi connectivity index (χ0) is 19.4. The summed E-state index contributed by atoms with van der Waals surface area (Å²) in [6.07, 6.45) is -4.41. The number of nitrogen functional groups attached to an aromatic ring is 1. The fourth-order valence-electron chi connectivity index (χ4n) is 2.22. The Kier molecular flexibility index (Phi) is 5.36. The standard InChI is InChI=1S/C17H14F3N5OS/c18-17(19,20)12-4-6-13(7-5-12)22-14(26)11-3-1-2-10(8-11)9-27-16-23-15(21)24-25-16/h1-8H,9H2,(H,22,26)(H3,21,23,24,25). The number of carbonyl (C=O) groups excluding carboxylic acids is 1. The van der Waals surface area contributed by atoms with Gasteiger partial charge in [0.25, 0.3) is 5.91 Å². The summed E-state index contributed by atoms with van der Waals surface area (Å²) in [5, 5.41) is 9.52. The van der Waals surface area contributed by atoms with E-state index < -0.39 is 17.6 Å². The van der Waals surface area contributed by atoms with E-state index in [1.165, 1.54) is 23.9 Å². The zero-order valence-corrected chi connectivity index (χ0v) is 14.6. The number of hydrogen-bond acceptors (Lipinski definition) is 5. The van der Waals surface area contributed by atoms with Gasteiger partial charge in [0.15, 0.2) is 0 Å². The third kappa shape index (κ3) is 5.00. The highest BCUT2D eigenvalue weighted by Crippen LogP contribution is 2.30. The highest BCUT2D eigenvalue weighted by molar-refractivity contribution is 7.98. The summed E-state index contributed by atoms with van der Waals surface area (Å²) < 4.78 is 37.7. The van der Waals surface area contributed by atoms with Gasteiger partial charge in [-0.1, -0.05) is 23.9 Å². The van der Waals surface area contributed by atoms with Crippen LogP contribution in [0.1, 0.15) is 21.5 Å². The van der Waals surface area contributed by atoms with Crippen molar-refractivity contribution in [1.82, 2.24) is 15.2 Å². The van der Waals surface area contributed by atoms with Crippen molar-refractivity contribution in [3.05, 3.63) is 65.2 Å². The molecule has 1 heterocycles. The molecular formula is C17H14F3N5OS. The average molecular weight is 393 g/mol. The van der Waals surface area contributed by atoms with Crippen LogP contribution in [0.2, 0.25) is 0 Å². The van der Waals surface area contributed by atoms with Gasteiger partial charge in [-0.2, -0.15) is 18.2 Å².